The van der Waals surface area contributed by atoms with Gasteiger partial charge >= 0.3 is 6.09 Å². The molecule has 3 N–H and O–H groups in total. The second-order valence-corrected chi connectivity index (χ2v) is 6.88. The summed E-state index contributed by atoms with van der Waals surface area (Å²) in [5.41, 5.74) is 9.74. The van der Waals surface area contributed by atoms with Gasteiger partial charge in [0.25, 0.3) is 0 Å². The van der Waals surface area contributed by atoms with Crippen molar-refractivity contribution in [1.82, 2.24) is 10.2 Å². The van der Waals surface area contributed by atoms with Gasteiger partial charge in [-0.3, -0.25) is 0 Å². The highest BCUT2D eigenvalue weighted by Crippen LogP contribution is 2.22. The Morgan fingerprint density at radius 2 is 1.86 bits per heavy atom. The topological polar surface area (TPSA) is 67.6 Å². The predicted octanol–water partition coefficient (Wildman–Crippen LogP) is 4.21. The molecule has 0 heterocycles. The summed E-state index contributed by atoms with van der Waals surface area (Å²) < 4.78 is 5.33. The van der Waals surface area contributed by atoms with Crippen LogP contribution in [0.4, 0.5) is 4.79 Å². The van der Waals surface area contributed by atoms with Crippen LogP contribution in [0.3, 0.4) is 0 Å². The number of hydrogen-bond donors (Lipinski definition) is 2. The average Bonchev–Trinajstić information content (AvgIpc) is 2.66. The highest BCUT2D eigenvalue weighted by molar-refractivity contribution is 5.71. The van der Waals surface area contributed by atoms with Gasteiger partial charge in [-0.25, -0.2) is 4.79 Å². The summed E-state index contributed by atoms with van der Waals surface area (Å²) in [5, 5.41) is 3.31. The Morgan fingerprint density at radius 1 is 1.18 bits per heavy atom. The van der Waals surface area contributed by atoms with Gasteiger partial charge in [0.2, 0.25) is 0 Å². The average molecular weight is 384 g/mol. The molecule has 5 nitrogen and oxygen atoms in total. The van der Waals surface area contributed by atoms with Crippen molar-refractivity contribution in [2.24, 2.45) is 5.73 Å². The molecule has 0 saturated carbocycles. The lowest BCUT2D eigenvalue weighted by Crippen LogP contribution is -2.25. The molecule has 0 aliphatic heterocycles. The van der Waals surface area contributed by atoms with Crippen LogP contribution in [-0.2, 0) is 6.54 Å². The normalized spacial score (nSPS) is 9.89. The molecular weight excluding hydrogens is 350 g/mol. The van der Waals surface area contributed by atoms with Crippen LogP contribution in [0.25, 0.3) is 5.57 Å². The summed E-state index contributed by atoms with van der Waals surface area (Å²) >= 11 is 0. The number of nitrogens with one attached hydrogen (secondary N) is 1. The van der Waals surface area contributed by atoms with Crippen molar-refractivity contribution in [2.45, 2.75) is 26.8 Å². The van der Waals surface area contributed by atoms with Gasteiger partial charge in [0.1, 0.15) is 5.75 Å². The number of benzene rings is 2. The molecule has 5 heteroatoms. The van der Waals surface area contributed by atoms with E-state index in [2.05, 4.69) is 31.0 Å². The first-order valence-corrected chi connectivity index (χ1v) is 9.45. The van der Waals surface area contributed by atoms with E-state index in [-0.39, 0.29) is 0 Å². The van der Waals surface area contributed by atoms with Crippen molar-refractivity contribution in [2.75, 3.05) is 27.2 Å². The molecule has 0 spiro atoms. The second-order valence-electron chi connectivity index (χ2n) is 6.88. The Kier molecular flexibility index (Phi) is 10.6. The first-order valence-electron chi connectivity index (χ1n) is 9.45. The SMILES string of the molecule is C=C(C)c1cc(CNCCCN)cc(OC(=O)N(C)C)c1.Cc1ccccc1. The molecule has 1 amide bonds. The van der Waals surface area contributed by atoms with Crippen molar-refractivity contribution in [3.63, 3.8) is 0 Å². The lowest BCUT2D eigenvalue weighted by atomic mass is 10.0. The fourth-order valence-electron chi connectivity index (χ4n) is 2.25. The van der Waals surface area contributed by atoms with Crippen molar-refractivity contribution in [3.8, 4) is 5.75 Å². The Hall–Kier alpha value is -2.63. The van der Waals surface area contributed by atoms with Gasteiger partial charge in [-0.15, -0.1) is 0 Å². The van der Waals surface area contributed by atoms with E-state index >= 15 is 0 Å². The van der Waals surface area contributed by atoms with E-state index in [9.17, 15) is 4.79 Å². The summed E-state index contributed by atoms with van der Waals surface area (Å²) in [4.78, 5) is 13.1. The van der Waals surface area contributed by atoms with Gasteiger partial charge in [-0.1, -0.05) is 48.0 Å². The monoisotopic (exact) mass is 383 g/mol. The van der Waals surface area contributed by atoms with Crippen LogP contribution in [0, 0.1) is 6.92 Å². The molecule has 0 saturated heterocycles. The molecule has 2 aromatic carbocycles. The molecule has 2 aromatic rings. The number of nitrogens with zero attached hydrogens (tertiary/aromatic N) is 1. The molecule has 0 atom stereocenters. The molecule has 0 unspecified atom stereocenters. The zero-order chi connectivity index (χ0) is 20.9. The van der Waals surface area contributed by atoms with Gasteiger partial charge in [-0.2, -0.15) is 0 Å². The quantitative estimate of drug-likeness (QED) is 0.703. The van der Waals surface area contributed by atoms with Crippen molar-refractivity contribution >= 4 is 11.7 Å². The minimum absolute atomic E-state index is 0.393. The molecule has 0 radical (unpaired) electrons. The molecule has 2 rings (SSSR count). The number of aryl methyl sites for hydroxylation is 1. The lowest BCUT2D eigenvalue weighted by molar-refractivity contribution is 0.172. The Morgan fingerprint density at radius 3 is 2.36 bits per heavy atom. The summed E-state index contributed by atoms with van der Waals surface area (Å²) in [7, 11) is 3.31. The lowest BCUT2D eigenvalue weighted by Gasteiger charge is -2.14. The first-order chi connectivity index (χ1) is 13.3. The molecule has 0 aliphatic carbocycles. The third-order valence-electron chi connectivity index (χ3n) is 3.86. The predicted molar refractivity (Wildman–Crippen MR) is 117 cm³/mol. The van der Waals surface area contributed by atoms with E-state index < -0.39 is 6.09 Å². The second kappa shape index (κ2) is 12.7. The maximum atomic E-state index is 11.7. The molecular formula is C23H33N3O2. The number of nitrogens with two attached hydrogens (primary N) is 1. The van der Waals surface area contributed by atoms with E-state index in [4.69, 9.17) is 10.5 Å². The van der Waals surface area contributed by atoms with E-state index in [0.717, 1.165) is 29.7 Å². The van der Waals surface area contributed by atoms with Gasteiger partial charge < -0.3 is 20.7 Å². The summed E-state index contributed by atoms with van der Waals surface area (Å²) in [6, 6.07) is 16.0. The largest absolute Gasteiger partial charge is 0.414 e. The minimum Gasteiger partial charge on any atom is -0.410 e. The van der Waals surface area contributed by atoms with Gasteiger partial charge in [0, 0.05) is 20.6 Å². The van der Waals surface area contributed by atoms with E-state index in [0.29, 0.717) is 18.8 Å². The van der Waals surface area contributed by atoms with Crippen molar-refractivity contribution in [3.05, 3.63) is 71.8 Å². The van der Waals surface area contributed by atoms with Crippen molar-refractivity contribution < 1.29 is 9.53 Å². The number of rotatable bonds is 7. The molecule has 0 bridgehead atoms. The van der Waals surface area contributed by atoms with Crippen LogP contribution in [0.5, 0.6) is 5.75 Å². The maximum absolute atomic E-state index is 11.7. The van der Waals surface area contributed by atoms with E-state index in [1.54, 1.807) is 14.1 Å². The molecule has 0 fully saturated rings. The third-order valence-corrected chi connectivity index (χ3v) is 3.86. The van der Waals surface area contributed by atoms with Gasteiger partial charge in [-0.05, 0) is 62.7 Å². The maximum Gasteiger partial charge on any atom is 0.414 e. The standard InChI is InChI=1S/C16H25N3O2.C7H8/c1-12(2)14-8-13(11-18-7-5-6-17)9-15(10-14)21-16(20)19(3)4;1-7-5-3-2-4-6-7/h8-10,18H,1,5-7,11,17H2,2-4H3;2-6H,1H3. The highest BCUT2D eigenvalue weighted by Gasteiger charge is 2.09. The van der Waals surface area contributed by atoms with Crippen LogP contribution in [0.15, 0.2) is 55.1 Å². The Labute approximate surface area is 169 Å². The third kappa shape index (κ3) is 9.35. The number of hydrogen-bond acceptors (Lipinski definition) is 4. The number of carbonyl (C=O) groups excluding carboxylic acids is 1. The smallest absolute Gasteiger partial charge is 0.410 e. The zero-order valence-corrected chi connectivity index (χ0v) is 17.5. The van der Waals surface area contributed by atoms with Crippen LogP contribution in [0.1, 0.15) is 30.0 Å². The van der Waals surface area contributed by atoms with Gasteiger partial charge in [0.05, 0.1) is 0 Å². The van der Waals surface area contributed by atoms with E-state index in [1.165, 1.54) is 10.5 Å². The van der Waals surface area contributed by atoms with E-state index in [1.807, 2.05) is 43.3 Å². The first kappa shape index (κ1) is 23.4. The number of ether oxygens (including phenoxy) is 1. The molecule has 152 valence electrons. The summed E-state index contributed by atoms with van der Waals surface area (Å²) in [6.45, 7) is 10.2. The highest BCUT2D eigenvalue weighted by atomic mass is 16.6. The summed E-state index contributed by atoms with van der Waals surface area (Å²) in [5.74, 6) is 0.532. The van der Waals surface area contributed by atoms with Crippen LogP contribution < -0.4 is 15.8 Å². The summed E-state index contributed by atoms with van der Waals surface area (Å²) in [6.07, 6.45) is 0.541. The number of allylic oxidation sites excluding steroid dienone is 1. The molecule has 0 aromatic heterocycles. The molecule has 28 heavy (non-hydrogen) atoms. The Bertz CT molecular complexity index is 743. The van der Waals surface area contributed by atoms with Gasteiger partial charge in [0.15, 0.2) is 0 Å². The fraction of sp³-hybridized carbons (Fsp3) is 0.348. The van der Waals surface area contributed by atoms with Crippen LogP contribution in [-0.4, -0.2) is 38.2 Å². The number of amides is 1. The van der Waals surface area contributed by atoms with Crippen molar-refractivity contribution in [1.29, 1.82) is 0 Å². The van der Waals surface area contributed by atoms with Crippen LogP contribution >= 0.6 is 0 Å². The molecule has 0 aliphatic rings. The zero-order valence-electron chi connectivity index (χ0n) is 17.5. The Balaban J connectivity index is 0.000000467. The number of carbonyl (C=O) groups is 1. The minimum atomic E-state index is -0.393. The van der Waals surface area contributed by atoms with Crippen LogP contribution in [0.2, 0.25) is 0 Å². The fourth-order valence-corrected chi connectivity index (χ4v) is 2.25.